The molecule has 0 radical (unpaired) electrons. The lowest BCUT2D eigenvalue weighted by atomic mass is 9.95. The molecule has 0 saturated heterocycles. The van der Waals surface area contributed by atoms with Gasteiger partial charge in [0.05, 0.1) is 0 Å². The minimum atomic E-state index is -0.234. The van der Waals surface area contributed by atoms with Crippen LogP contribution in [-0.2, 0) is 0 Å². The van der Waals surface area contributed by atoms with Gasteiger partial charge >= 0.3 is 0 Å². The highest BCUT2D eigenvalue weighted by atomic mass is 35.5. The fraction of sp³-hybridized carbons (Fsp3) is 0.250. The van der Waals surface area contributed by atoms with Crippen molar-refractivity contribution in [1.82, 2.24) is 5.32 Å². The summed E-state index contributed by atoms with van der Waals surface area (Å²) in [5, 5.41) is 4.01. The van der Waals surface area contributed by atoms with E-state index in [9.17, 15) is 4.39 Å². The molecule has 0 aliphatic heterocycles. The van der Waals surface area contributed by atoms with Crippen LogP contribution in [0.3, 0.4) is 0 Å². The summed E-state index contributed by atoms with van der Waals surface area (Å²) >= 11 is 6.02. The largest absolute Gasteiger partial charge is 0.310 e. The second kappa shape index (κ2) is 6.18. The lowest BCUT2D eigenvalue weighted by Gasteiger charge is -2.17. The summed E-state index contributed by atoms with van der Waals surface area (Å²) in [6, 6.07) is 12.6. The molecule has 0 saturated carbocycles. The molecule has 0 aliphatic rings. The van der Waals surface area contributed by atoms with E-state index in [1.165, 1.54) is 6.07 Å². The summed E-state index contributed by atoms with van der Waals surface area (Å²) in [4.78, 5) is 0. The van der Waals surface area contributed by atoms with Crippen molar-refractivity contribution in [3.8, 4) is 11.1 Å². The molecule has 1 atom stereocenters. The summed E-state index contributed by atoms with van der Waals surface area (Å²) in [7, 11) is 0. The zero-order valence-corrected chi connectivity index (χ0v) is 11.8. The van der Waals surface area contributed by atoms with Crippen molar-refractivity contribution in [1.29, 1.82) is 0 Å². The van der Waals surface area contributed by atoms with Gasteiger partial charge in [0, 0.05) is 11.1 Å². The molecule has 0 bridgehead atoms. The van der Waals surface area contributed by atoms with Crippen molar-refractivity contribution in [3.05, 3.63) is 58.9 Å². The molecule has 1 unspecified atom stereocenters. The molecular weight excluding hydrogens is 261 g/mol. The molecule has 2 rings (SSSR count). The minimum absolute atomic E-state index is 0.166. The first-order chi connectivity index (χ1) is 9.11. The second-order valence-corrected chi connectivity index (χ2v) is 4.96. The van der Waals surface area contributed by atoms with Gasteiger partial charge in [-0.1, -0.05) is 36.7 Å². The van der Waals surface area contributed by atoms with E-state index >= 15 is 0 Å². The van der Waals surface area contributed by atoms with Crippen LogP contribution < -0.4 is 5.32 Å². The SMILES string of the molecule is CCNC(C)c1ccc(F)cc1-c1cccc(Cl)c1. The second-order valence-electron chi connectivity index (χ2n) is 4.52. The molecule has 1 nitrogen and oxygen atoms in total. The fourth-order valence-corrected chi connectivity index (χ4v) is 2.42. The van der Waals surface area contributed by atoms with Crippen LogP contribution in [0.4, 0.5) is 4.39 Å². The average Bonchev–Trinajstić information content (AvgIpc) is 2.39. The zero-order valence-electron chi connectivity index (χ0n) is 11.1. The summed E-state index contributed by atoms with van der Waals surface area (Å²) in [6.07, 6.45) is 0. The van der Waals surface area contributed by atoms with E-state index in [1.807, 2.05) is 30.3 Å². The molecule has 2 aromatic rings. The quantitative estimate of drug-likeness (QED) is 0.845. The Bertz CT molecular complexity index is 568. The maximum Gasteiger partial charge on any atom is 0.123 e. The summed E-state index contributed by atoms with van der Waals surface area (Å²) in [6.45, 7) is 5.00. The molecule has 0 aromatic heterocycles. The summed E-state index contributed by atoms with van der Waals surface area (Å²) in [5.74, 6) is -0.234. The van der Waals surface area contributed by atoms with Crippen LogP contribution in [0.15, 0.2) is 42.5 Å². The minimum Gasteiger partial charge on any atom is -0.310 e. The molecular formula is C16H17ClFN. The first kappa shape index (κ1) is 14.0. The number of hydrogen-bond acceptors (Lipinski definition) is 1. The van der Waals surface area contributed by atoms with E-state index < -0.39 is 0 Å². The van der Waals surface area contributed by atoms with Crippen molar-refractivity contribution < 1.29 is 4.39 Å². The maximum atomic E-state index is 13.5. The Balaban J connectivity index is 2.51. The van der Waals surface area contributed by atoms with Crippen LogP contribution in [0.2, 0.25) is 5.02 Å². The van der Waals surface area contributed by atoms with E-state index in [0.29, 0.717) is 5.02 Å². The highest BCUT2D eigenvalue weighted by Crippen LogP contribution is 2.30. The molecule has 0 spiro atoms. The molecule has 19 heavy (non-hydrogen) atoms. The number of halogens is 2. The van der Waals surface area contributed by atoms with Crippen LogP contribution >= 0.6 is 11.6 Å². The van der Waals surface area contributed by atoms with Gasteiger partial charge in [-0.25, -0.2) is 4.39 Å². The Morgan fingerprint density at radius 3 is 2.68 bits per heavy atom. The smallest absolute Gasteiger partial charge is 0.123 e. The van der Waals surface area contributed by atoms with Crippen LogP contribution in [0.25, 0.3) is 11.1 Å². The Morgan fingerprint density at radius 2 is 2.00 bits per heavy atom. The third-order valence-corrected chi connectivity index (χ3v) is 3.36. The predicted octanol–water partition coefficient (Wildman–Crippen LogP) is 4.82. The summed E-state index contributed by atoms with van der Waals surface area (Å²) in [5.41, 5.74) is 2.90. The van der Waals surface area contributed by atoms with E-state index in [-0.39, 0.29) is 11.9 Å². The van der Waals surface area contributed by atoms with Gasteiger partial charge in [-0.2, -0.15) is 0 Å². The van der Waals surface area contributed by atoms with Gasteiger partial charge in [0.2, 0.25) is 0 Å². The lowest BCUT2D eigenvalue weighted by molar-refractivity contribution is 0.593. The van der Waals surface area contributed by atoms with Crippen molar-refractivity contribution in [2.24, 2.45) is 0 Å². The Morgan fingerprint density at radius 1 is 1.21 bits per heavy atom. The van der Waals surface area contributed by atoms with Crippen LogP contribution in [-0.4, -0.2) is 6.54 Å². The Labute approximate surface area is 118 Å². The number of benzene rings is 2. The number of hydrogen-bond donors (Lipinski definition) is 1. The van der Waals surface area contributed by atoms with Crippen LogP contribution in [0.5, 0.6) is 0 Å². The molecule has 3 heteroatoms. The van der Waals surface area contributed by atoms with Crippen molar-refractivity contribution in [3.63, 3.8) is 0 Å². The van der Waals surface area contributed by atoms with E-state index in [2.05, 4.69) is 19.2 Å². The molecule has 0 fully saturated rings. The van der Waals surface area contributed by atoms with E-state index in [4.69, 9.17) is 11.6 Å². The van der Waals surface area contributed by atoms with Gasteiger partial charge in [0.25, 0.3) is 0 Å². The average molecular weight is 278 g/mol. The van der Waals surface area contributed by atoms with Crippen LogP contribution in [0, 0.1) is 5.82 Å². The predicted molar refractivity (Wildman–Crippen MR) is 78.9 cm³/mol. The first-order valence-electron chi connectivity index (χ1n) is 6.40. The Hall–Kier alpha value is -1.38. The normalized spacial score (nSPS) is 12.4. The van der Waals surface area contributed by atoms with Crippen molar-refractivity contribution in [2.75, 3.05) is 6.54 Å². The van der Waals surface area contributed by atoms with Gasteiger partial charge in [0.15, 0.2) is 0 Å². The van der Waals surface area contributed by atoms with Gasteiger partial charge in [-0.3, -0.25) is 0 Å². The van der Waals surface area contributed by atoms with Crippen LogP contribution in [0.1, 0.15) is 25.5 Å². The third-order valence-electron chi connectivity index (χ3n) is 3.13. The highest BCUT2D eigenvalue weighted by Gasteiger charge is 2.12. The summed E-state index contributed by atoms with van der Waals surface area (Å²) < 4.78 is 13.5. The standard InChI is InChI=1S/C16H17ClFN/c1-3-19-11(2)15-8-7-14(18)10-16(15)12-5-4-6-13(17)9-12/h4-11,19H,3H2,1-2H3. The van der Waals surface area contributed by atoms with Crippen molar-refractivity contribution in [2.45, 2.75) is 19.9 Å². The molecule has 100 valence electrons. The number of rotatable bonds is 4. The molecule has 1 N–H and O–H groups in total. The van der Waals surface area contributed by atoms with Crippen molar-refractivity contribution >= 4 is 11.6 Å². The number of nitrogens with one attached hydrogen (secondary N) is 1. The van der Waals surface area contributed by atoms with Gasteiger partial charge in [-0.05, 0) is 54.4 Å². The Kier molecular flexibility index (Phi) is 4.56. The molecule has 2 aromatic carbocycles. The van der Waals surface area contributed by atoms with E-state index in [1.54, 1.807) is 6.07 Å². The molecule has 0 amide bonds. The van der Waals surface area contributed by atoms with Gasteiger partial charge < -0.3 is 5.32 Å². The van der Waals surface area contributed by atoms with Gasteiger partial charge in [0.1, 0.15) is 5.82 Å². The molecule has 0 heterocycles. The molecule has 0 aliphatic carbocycles. The fourth-order valence-electron chi connectivity index (χ4n) is 2.23. The topological polar surface area (TPSA) is 12.0 Å². The maximum absolute atomic E-state index is 13.5. The highest BCUT2D eigenvalue weighted by molar-refractivity contribution is 6.30. The third kappa shape index (κ3) is 3.34. The lowest BCUT2D eigenvalue weighted by Crippen LogP contribution is -2.18. The first-order valence-corrected chi connectivity index (χ1v) is 6.78. The zero-order chi connectivity index (χ0) is 13.8. The van der Waals surface area contributed by atoms with Gasteiger partial charge in [-0.15, -0.1) is 0 Å². The monoisotopic (exact) mass is 277 g/mol. The van der Waals surface area contributed by atoms with E-state index in [0.717, 1.165) is 23.2 Å².